The highest BCUT2D eigenvalue weighted by atomic mass is 16.9. The molecule has 0 fully saturated rings. The molecule has 1 atom stereocenters. The second-order valence-electron chi connectivity index (χ2n) is 4.18. The van der Waals surface area contributed by atoms with Crippen molar-refractivity contribution in [3.63, 3.8) is 0 Å². The Labute approximate surface area is 128 Å². The maximum absolute atomic E-state index is 8.25. The Hall–Kier alpha value is -3.59. The van der Waals surface area contributed by atoms with Gasteiger partial charge in [0.15, 0.2) is 0 Å². The van der Waals surface area contributed by atoms with Crippen molar-refractivity contribution >= 4 is 17.6 Å². The molecule has 0 aromatic carbocycles. The van der Waals surface area contributed by atoms with Crippen LogP contribution in [0.25, 0.3) is 0 Å². The van der Waals surface area contributed by atoms with Crippen LogP contribution in [-0.4, -0.2) is 38.2 Å². The molecule has 0 radical (unpaired) electrons. The lowest BCUT2D eigenvalue weighted by molar-refractivity contribution is -0.683. The highest BCUT2D eigenvalue weighted by Gasteiger charge is 2.39. The number of nitrogens with one attached hydrogen (secondary N) is 2. The van der Waals surface area contributed by atoms with Crippen molar-refractivity contribution in [2.45, 2.75) is 25.9 Å². The summed E-state index contributed by atoms with van der Waals surface area (Å²) in [6, 6.07) is 0. The number of nitrogens with two attached hydrogens (primary N) is 4. The van der Waals surface area contributed by atoms with E-state index in [0.717, 1.165) is 5.71 Å². The lowest BCUT2D eigenvalue weighted by Crippen LogP contribution is -2.91. The van der Waals surface area contributed by atoms with Crippen LogP contribution < -0.4 is 33.5 Å². The highest BCUT2D eigenvalue weighted by molar-refractivity contribution is 5.84. The molecule has 132 valence electrons. The maximum atomic E-state index is 8.25. The van der Waals surface area contributed by atoms with Crippen molar-refractivity contribution in [2.24, 2.45) is 28.0 Å². The minimum Gasteiger partial charge on any atom is -0.356 e. The van der Waals surface area contributed by atoms with Gasteiger partial charge in [0.2, 0.25) is 5.66 Å². The van der Waals surface area contributed by atoms with E-state index in [4.69, 9.17) is 53.6 Å². The first kappa shape index (κ1) is 21.7. The van der Waals surface area contributed by atoms with Crippen molar-refractivity contribution in [3.8, 4) is 0 Å². The van der Waals surface area contributed by atoms with Crippen LogP contribution in [0.5, 0.6) is 0 Å². The number of hydrazone groups is 2. The topological polar surface area (TPSA) is 278 Å². The summed E-state index contributed by atoms with van der Waals surface area (Å²) in [5, 5.41) is 36.3. The van der Waals surface area contributed by atoms with Crippen LogP contribution in [0.15, 0.2) is 5.10 Å². The molecule has 0 aromatic rings. The number of rotatable bonds is 2. The third-order valence-corrected chi connectivity index (χ3v) is 2.06. The van der Waals surface area contributed by atoms with Crippen LogP contribution in [0.1, 0.15) is 20.3 Å². The van der Waals surface area contributed by atoms with Crippen molar-refractivity contribution in [1.29, 1.82) is 0 Å². The molecule has 0 spiro atoms. The first-order chi connectivity index (χ1) is 10.3. The van der Waals surface area contributed by atoms with Gasteiger partial charge in [-0.25, -0.2) is 5.43 Å². The Morgan fingerprint density at radius 3 is 1.91 bits per heavy atom. The van der Waals surface area contributed by atoms with Crippen LogP contribution in [0.4, 0.5) is 0 Å². The molecule has 23 heavy (non-hydrogen) atoms. The van der Waals surface area contributed by atoms with Crippen molar-refractivity contribution < 1.29 is 20.0 Å². The molecule has 0 amide bonds. The zero-order valence-corrected chi connectivity index (χ0v) is 12.3. The van der Waals surface area contributed by atoms with Gasteiger partial charge in [0.1, 0.15) is 0 Å². The summed E-state index contributed by atoms with van der Waals surface area (Å²) in [4.78, 5) is 16.5. The minimum atomic E-state index is -1.75. The zero-order valence-electron chi connectivity index (χ0n) is 12.3. The van der Waals surface area contributed by atoms with E-state index in [1.807, 2.05) is 13.8 Å². The first-order valence-corrected chi connectivity index (χ1v) is 5.58. The van der Waals surface area contributed by atoms with Crippen LogP contribution in [0.2, 0.25) is 0 Å². The van der Waals surface area contributed by atoms with E-state index >= 15 is 0 Å². The molecule has 0 aliphatic carbocycles. The fourth-order valence-electron chi connectivity index (χ4n) is 1.54. The summed E-state index contributed by atoms with van der Waals surface area (Å²) in [5.74, 6) is 0.176. The van der Waals surface area contributed by atoms with Gasteiger partial charge in [0.05, 0.1) is 15.9 Å². The molecular formula is C7H18N10O6. The first-order valence-electron chi connectivity index (χ1n) is 5.58. The summed E-state index contributed by atoms with van der Waals surface area (Å²) in [6.07, 6.45) is 0.658. The standard InChI is InChI=1S/C7H16N8.2NO3/c1-4-3-7(2,14-12-5(8)9)15(13-4)6(10)11;2*2-1(3)4/h14H,3H2,1-2H3,(H7,8,9,10,11,12);;/q;2*-1/p+2/t7-;;/m0../s1. The minimum absolute atomic E-state index is 0.0660. The van der Waals surface area contributed by atoms with Gasteiger partial charge in [-0.2, -0.15) is 5.10 Å². The summed E-state index contributed by atoms with van der Waals surface area (Å²) < 4.78 is 1.48. The normalized spacial score (nSPS) is 18.2. The predicted octanol–water partition coefficient (Wildman–Crippen LogP) is -4.85. The second-order valence-corrected chi connectivity index (χ2v) is 4.18. The maximum Gasteiger partial charge on any atom is 0.367 e. The molecule has 0 saturated carbocycles. The molecule has 16 nitrogen and oxygen atoms in total. The Bertz CT molecular complexity index is 502. The van der Waals surface area contributed by atoms with Gasteiger partial charge in [-0.3, -0.25) is 22.9 Å². The van der Waals surface area contributed by atoms with Gasteiger partial charge in [-0.05, 0) is 13.8 Å². The number of hydrazine groups is 1. The number of hydrogen-bond donors (Lipinski definition) is 6. The molecule has 0 saturated heterocycles. The molecule has 0 unspecified atom stereocenters. The van der Waals surface area contributed by atoms with Gasteiger partial charge in [-0.15, -0.1) is 9.79 Å². The monoisotopic (exact) mass is 338 g/mol. The number of hydrogen-bond acceptors (Lipinski definition) is 8. The molecule has 16 heteroatoms. The Balaban J connectivity index is 0. The molecule has 1 rings (SSSR count). The van der Waals surface area contributed by atoms with Gasteiger partial charge >= 0.3 is 11.9 Å². The van der Waals surface area contributed by atoms with E-state index in [0.29, 0.717) is 6.42 Å². The molecule has 0 bridgehead atoms. The zero-order chi connectivity index (χ0) is 18.8. The largest absolute Gasteiger partial charge is 0.367 e. The third-order valence-electron chi connectivity index (χ3n) is 2.06. The van der Waals surface area contributed by atoms with E-state index in [-0.39, 0.29) is 11.9 Å². The molecule has 1 aliphatic rings. The fraction of sp³-hybridized carbons (Fsp3) is 0.571. The van der Waals surface area contributed by atoms with Crippen LogP contribution in [0, 0.1) is 30.6 Å². The molecule has 10 N–H and O–H groups in total. The van der Waals surface area contributed by atoms with E-state index in [9.17, 15) is 0 Å². The molecule has 0 aromatic heterocycles. The van der Waals surface area contributed by atoms with Crippen molar-refractivity contribution in [2.75, 3.05) is 0 Å². The van der Waals surface area contributed by atoms with Crippen molar-refractivity contribution in [3.05, 3.63) is 30.6 Å². The predicted molar refractivity (Wildman–Crippen MR) is 78.0 cm³/mol. The van der Waals surface area contributed by atoms with Crippen LogP contribution >= 0.6 is 0 Å². The van der Waals surface area contributed by atoms with Crippen LogP contribution in [-0.2, 0) is 0 Å². The molecular weight excluding hydrogens is 320 g/mol. The van der Waals surface area contributed by atoms with E-state index < -0.39 is 15.8 Å². The van der Waals surface area contributed by atoms with E-state index in [1.54, 1.807) is 0 Å². The number of nitrogens with zero attached hydrogens (tertiary/aromatic N) is 4. The van der Waals surface area contributed by atoms with Gasteiger partial charge < -0.3 is 30.6 Å². The molecule has 1 heterocycles. The van der Waals surface area contributed by atoms with Gasteiger partial charge in [-0.1, -0.05) is 0 Å². The summed E-state index contributed by atoms with van der Waals surface area (Å²) >= 11 is 0. The Morgan fingerprint density at radius 2 is 1.61 bits per heavy atom. The van der Waals surface area contributed by atoms with Crippen molar-refractivity contribution in [1.82, 2.24) is 5.43 Å². The third kappa shape index (κ3) is 10.8. The fourth-order valence-corrected chi connectivity index (χ4v) is 1.54. The number of guanidine groups is 2. The summed E-state index contributed by atoms with van der Waals surface area (Å²) in [6.45, 7) is 3.76. The van der Waals surface area contributed by atoms with Gasteiger partial charge in [0, 0.05) is 6.42 Å². The van der Waals surface area contributed by atoms with E-state index in [1.165, 1.54) is 4.68 Å². The SMILES string of the molecule is CC1=N[N+](=C(N)N)[C@](C)(N[NH+]=C(N)N)C1.O=[N+]([O-])[O-].O=[N+]([O-])[O-]. The van der Waals surface area contributed by atoms with E-state index in [2.05, 4.69) is 15.6 Å². The Morgan fingerprint density at radius 1 is 1.22 bits per heavy atom. The lowest BCUT2D eigenvalue weighted by atomic mass is 10.1. The highest BCUT2D eigenvalue weighted by Crippen LogP contribution is 2.18. The van der Waals surface area contributed by atoms with Gasteiger partial charge in [0.25, 0.3) is 0 Å². The lowest BCUT2D eigenvalue weighted by Gasteiger charge is -2.21. The van der Waals surface area contributed by atoms with Crippen LogP contribution in [0.3, 0.4) is 0 Å². The molecule has 1 aliphatic heterocycles. The second kappa shape index (κ2) is 9.37. The Kier molecular flexibility index (Phi) is 8.84. The quantitative estimate of drug-likeness (QED) is 0.0911. The summed E-state index contributed by atoms with van der Waals surface area (Å²) in [5.41, 5.74) is 24.9. The summed E-state index contributed by atoms with van der Waals surface area (Å²) in [7, 11) is 0. The smallest absolute Gasteiger partial charge is 0.356 e. The average Bonchev–Trinajstić information content (AvgIpc) is 2.61. The average molecular weight is 338 g/mol.